The van der Waals surface area contributed by atoms with Gasteiger partial charge < -0.3 is 14.8 Å². The Morgan fingerprint density at radius 3 is 2.68 bits per heavy atom. The minimum Gasteiger partial charge on any atom is -0.491 e. The summed E-state index contributed by atoms with van der Waals surface area (Å²) in [6.45, 7) is 2.11. The van der Waals surface area contributed by atoms with Gasteiger partial charge in [-0.1, -0.05) is 12.1 Å². The molecule has 1 aromatic carbocycles. The highest BCUT2D eigenvalue weighted by molar-refractivity contribution is 5.80. The molecular weight excluding hydrogens is 249 g/mol. The van der Waals surface area contributed by atoms with Gasteiger partial charge in [0.25, 0.3) is 0 Å². The van der Waals surface area contributed by atoms with Crippen LogP contribution in [0.3, 0.4) is 0 Å². The van der Waals surface area contributed by atoms with Gasteiger partial charge in [0.15, 0.2) is 11.6 Å². The molecule has 0 saturated heterocycles. The van der Waals surface area contributed by atoms with Crippen LogP contribution >= 0.6 is 0 Å². The maximum Gasteiger partial charge on any atom is 0.325 e. The number of hydrogen-bond acceptors (Lipinski definition) is 4. The first-order chi connectivity index (χ1) is 9.03. The number of carbonyl (C=O) groups excluding carboxylic acids is 1. The third-order valence-corrected chi connectivity index (χ3v) is 3.10. The molecule has 1 atom stereocenters. The van der Waals surface area contributed by atoms with Gasteiger partial charge in [0.2, 0.25) is 0 Å². The van der Waals surface area contributed by atoms with Gasteiger partial charge in [0, 0.05) is 0 Å². The minimum absolute atomic E-state index is 0.228. The number of benzene rings is 1. The predicted octanol–water partition coefficient (Wildman–Crippen LogP) is 2.14. The maximum atomic E-state index is 13.3. The number of nitrogens with one attached hydrogen (secondary N) is 1. The lowest BCUT2D eigenvalue weighted by molar-refractivity contribution is -0.148. The number of likely N-dealkylation sites (N-methyl/N-ethyl adjacent to an activating group) is 1. The van der Waals surface area contributed by atoms with Gasteiger partial charge in [0.1, 0.15) is 5.54 Å². The van der Waals surface area contributed by atoms with Gasteiger partial charge in [-0.05, 0) is 38.9 Å². The van der Waals surface area contributed by atoms with Crippen molar-refractivity contribution in [1.82, 2.24) is 5.32 Å². The van der Waals surface area contributed by atoms with Crippen molar-refractivity contribution in [2.45, 2.75) is 25.3 Å². The summed E-state index contributed by atoms with van der Waals surface area (Å²) in [5.41, 5.74) is -0.743. The van der Waals surface area contributed by atoms with Crippen LogP contribution in [0.15, 0.2) is 24.3 Å². The van der Waals surface area contributed by atoms with Gasteiger partial charge >= 0.3 is 5.97 Å². The first-order valence-electron chi connectivity index (χ1n) is 6.18. The highest BCUT2D eigenvalue weighted by Gasteiger charge is 2.31. The molecule has 0 aliphatic carbocycles. The van der Waals surface area contributed by atoms with Crippen LogP contribution in [-0.4, -0.2) is 32.3 Å². The highest BCUT2D eigenvalue weighted by atomic mass is 19.1. The average Bonchev–Trinajstić information content (AvgIpc) is 2.44. The van der Waals surface area contributed by atoms with Gasteiger partial charge in [-0.25, -0.2) is 4.39 Å². The van der Waals surface area contributed by atoms with Crippen molar-refractivity contribution in [3.63, 3.8) is 0 Å². The van der Waals surface area contributed by atoms with Crippen LogP contribution in [0.25, 0.3) is 0 Å². The molecule has 0 saturated carbocycles. The molecule has 0 aromatic heterocycles. The quantitative estimate of drug-likeness (QED) is 0.608. The second-order valence-corrected chi connectivity index (χ2v) is 4.46. The van der Waals surface area contributed by atoms with E-state index in [2.05, 4.69) is 5.32 Å². The van der Waals surface area contributed by atoms with Crippen LogP contribution in [0.5, 0.6) is 5.75 Å². The summed E-state index contributed by atoms with van der Waals surface area (Å²) in [5.74, 6) is -0.473. The third-order valence-electron chi connectivity index (χ3n) is 3.10. The molecule has 1 rings (SSSR count). The monoisotopic (exact) mass is 269 g/mol. The second kappa shape index (κ2) is 7.09. The number of halogens is 1. The molecule has 1 aromatic rings. The van der Waals surface area contributed by atoms with E-state index in [1.54, 1.807) is 32.2 Å². The number of ether oxygens (including phenoxy) is 2. The van der Waals surface area contributed by atoms with E-state index >= 15 is 0 Å². The summed E-state index contributed by atoms with van der Waals surface area (Å²) < 4.78 is 23.4. The zero-order chi connectivity index (χ0) is 14.3. The average molecular weight is 269 g/mol. The molecule has 0 radical (unpaired) electrons. The van der Waals surface area contributed by atoms with Crippen molar-refractivity contribution in [2.75, 3.05) is 20.8 Å². The van der Waals surface area contributed by atoms with Crippen molar-refractivity contribution < 1.29 is 18.7 Å². The fourth-order valence-corrected chi connectivity index (χ4v) is 1.72. The Morgan fingerprint density at radius 1 is 1.42 bits per heavy atom. The lowest BCUT2D eigenvalue weighted by atomic mass is 9.96. The molecule has 0 spiro atoms. The van der Waals surface area contributed by atoms with Crippen LogP contribution in [-0.2, 0) is 9.53 Å². The maximum absolute atomic E-state index is 13.3. The molecule has 4 nitrogen and oxygen atoms in total. The van der Waals surface area contributed by atoms with Gasteiger partial charge in [-0.3, -0.25) is 4.79 Å². The Kier molecular flexibility index (Phi) is 5.76. The van der Waals surface area contributed by atoms with Crippen molar-refractivity contribution >= 4 is 5.97 Å². The lowest BCUT2D eigenvalue weighted by Gasteiger charge is -2.25. The van der Waals surface area contributed by atoms with Crippen LogP contribution in [0.2, 0.25) is 0 Å². The fraction of sp³-hybridized carbons (Fsp3) is 0.500. The summed E-state index contributed by atoms with van der Waals surface area (Å²) in [7, 11) is 3.06. The number of hydrogen-bond donors (Lipinski definition) is 1. The number of para-hydroxylation sites is 1. The Balaban J connectivity index is 2.42. The summed E-state index contributed by atoms with van der Waals surface area (Å²) in [6, 6.07) is 6.25. The van der Waals surface area contributed by atoms with Gasteiger partial charge in [0.05, 0.1) is 13.7 Å². The zero-order valence-corrected chi connectivity index (χ0v) is 11.5. The SMILES string of the molecule is CNC(C)(CCCOc1ccccc1F)C(=O)OC. The van der Waals surface area contributed by atoms with E-state index in [1.807, 2.05) is 0 Å². The first-order valence-corrected chi connectivity index (χ1v) is 6.18. The Morgan fingerprint density at radius 2 is 2.11 bits per heavy atom. The van der Waals surface area contributed by atoms with Crippen molar-refractivity contribution in [3.05, 3.63) is 30.1 Å². The van der Waals surface area contributed by atoms with E-state index in [0.717, 1.165) is 0 Å². The Bertz CT molecular complexity index is 425. The minimum atomic E-state index is -0.743. The van der Waals surface area contributed by atoms with Gasteiger partial charge in [-0.2, -0.15) is 0 Å². The molecule has 0 fully saturated rings. The molecular formula is C14H20FNO3. The van der Waals surface area contributed by atoms with Crippen LogP contribution < -0.4 is 10.1 Å². The molecule has 0 aliphatic heterocycles. The zero-order valence-electron chi connectivity index (χ0n) is 11.5. The number of methoxy groups -OCH3 is 1. The third kappa shape index (κ3) is 4.21. The molecule has 0 aliphatic rings. The van der Waals surface area contributed by atoms with Crippen LogP contribution in [0, 0.1) is 5.82 Å². The Labute approximate surface area is 112 Å². The van der Waals surface area contributed by atoms with Crippen LogP contribution in [0.1, 0.15) is 19.8 Å². The number of esters is 1. The standard InChI is InChI=1S/C14H20FNO3/c1-14(16-2,13(17)18-3)9-6-10-19-12-8-5-4-7-11(12)15/h4-5,7-8,16H,6,9-10H2,1-3H3. The molecule has 19 heavy (non-hydrogen) atoms. The summed E-state index contributed by atoms with van der Waals surface area (Å²) in [4.78, 5) is 11.6. The summed E-state index contributed by atoms with van der Waals surface area (Å²) in [6.07, 6.45) is 1.16. The van der Waals surface area contributed by atoms with Crippen molar-refractivity contribution in [3.8, 4) is 5.75 Å². The fourth-order valence-electron chi connectivity index (χ4n) is 1.72. The van der Waals surface area contributed by atoms with Gasteiger partial charge in [-0.15, -0.1) is 0 Å². The van der Waals surface area contributed by atoms with E-state index < -0.39 is 5.54 Å². The molecule has 5 heteroatoms. The number of rotatable bonds is 7. The normalized spacial score (nSPS) is 13.7. The second-order valence-electron chi connectivity index (χ2n) is 4.46. The molecule has 106 valence electrons. The highest BCUT2D eigenvalue weighted by Crippen LogP contribution is 2.18. The Hall–Kier alpha value is -1.62. The largest absolute Gasteiger partial charge is 0.491 e. The summed E-state index contributed by atoms with van der Waals surface area (Å²) in [5, 5.41) is 2.94. The predicted molar refractivity (Wildman–Crippen MR) is 70.6 cm³/mol. The topological polar surface area (TPSA) is 47.6 Å². The molecule has 1 unspecified atom stereocenters. The molecule has 0 heterocycles. The van der Waals surface area contributed by atoms with E-state index in [9.17, 15) is 9.18 Å². The molecule has 0 amide bonds. The van der Waals surface area contributed by atoms with E-state index in [4.69, 9.17) is 9.47 Å². The van der Waals surface area contributed by atoms with E-state index in [-0.39, 0.29) is 17.5 Å². The van der Waals surface area contributed by atoms with Crippen molar-refractivity contribution in [2.24, 2.45) is 0 Å². The van der Waals surface area contributed by atoms with Crippen LogP contribution in [0.4, 0.5) is 4.39 Å². The first kappa shape index (κ1) is 15.4. The molecule has 0 bridgehead atoms. The van der Waals surface area contributed by atoms with Crippen molar-refractivity contribution in [1.29, 1.82) is 0 Å². The summed E-state index contributed by atoms with van der Waals surface area (Å²) >= 11 is 0. The lowest BCUT2D eigenvalue weighted by Crippen LogP contribution is -2.48. The van der Waals surface area contributed by atoms with E-state index in [1.165, 1.54) is 13.2 Å². The number of carbonyl (C=O) groups is 1. The smallest absolute Gasteiger partial charge is 0.325 e. The van der Waals surface area contributed by atoms with E-state index in [0.29, 0.717) is 19.4 Å². The molecule has 1 N–H and O–H groups in total.